The monoisotopic (exact) mass is 822 g/mol. The summed E-state index contributed by atoms with van der Waals surface area (Å²) in [5.41, 5.74) is 10.4. The molecule has 2 aromatic carbocycles. The highest BCUT2D eigenvalue weighted by Crippen LogP contribution is 2.40. The summed E-state index contributed by atoms with van der Waals surface area (Å²) in [4.78, 5) is 2.67. The standard InChI is InChI=1S/C57H95NSi/c1-9-11-13-15-17-19-21-23-25-27-29-31-33-35-48-58(49-36-34-32-30-28-26-24-22-20-18-16-14-12-10-2)57-45-43-55(44-46-57)38-37-54-39-41-56(42-40-54)47-50-59(51(3)4,52(5)6)53(7)8/h39-46,51-53H,9-36,48-49H2,1-8H3. The Labute approximate surface area is 370 Å². The van der Waals surface area contributed by atoms with Crippen molar-refractivity contribution in [2.75, 3.05) is 18.0 Å². The van der Waals surface area contributed by atoms with Gasteiger partial charge in [0.05, 0.1) is 0 Å². The minimum Gasteiger partial charge on any atom is -0.372 e. The van der Waals surface area contributed by atoms with Gasteiger partial charge in [-0.25, -0.2) is 0 Å². The third-order valence-corrected chi connectivity index (χ3v) is 19.6. The molecule has 0 N–H and O–H groups in total. The number of nitrogens with zero attached hydrogens (tertiary/aromatic N) is 1. The van der Waals surface area contributed by atoms with Crippen LogP contribution >= 0.6 is 0 Å². The van der Waals surface area contributed by atoms with E-state index in [9.17, 15) is 0 Å². The van der Waals surface area contributed by atoms with Crippen molar-refractivity contribution in [3.05, 3.63) is 65.2 Å². The van der Waals surface area contributed by atoms with E-state index in [2.05, 4.69) is 132 Å². The molecule has 0 saturated heterocycles. The first-order chi connectivity index (χ1) is 28.7. The lowest BCUT2D eigenvalue weighted by molar-refractivity contribution is 0.529. The van der Waals surface area contributed by atoms with Crippen LogP contribution < -0.4 is 4.90 Å². The zero-order chi connectivity index (χ0) is 42.8. The van der Waals surface area contributed by atoms with Gasteiger partial charge < -0.3 is 4.90 Å². The lowest BCUT2D eigenvalue weighted by Gasteiger charge is -2.38. The fourth-order valence-electron chi connectivity index (χ4n) is 9.51. The number of anilines is 1. The zero-order valence-electron chi connectivity index (χ0n) is 40.5. The van der Waals surface area contributed by atoms with Crippen LogP contribution in [0, 0.1) is 23.3 Å². The van der Waals surface area contributed by atoms with Crippen LogP contribution in [0.5, 0.6) is 0 Å². The van der Waals surface area contributed by atoms with Crippen molar-refractivity contribution in [3.8, 4) is 23.3 Å². The first kappa shape index (κ1) is 52.7. The minimum atomic E-state index is -1.74. The van der Waals surface area contributed by atoms with E-state index < -0.39 is 8.07 Å². The van der Waals surface area contributed by atoms with Gasteiger partial charge in [-0.3, -0.25) is 0 Å². The molecule has 0 unspecified atom stereocenters. The zero-order valence-corrected chi connectivity index (χ0v) is 41.5. The van der Waals surface area contributed by atoms with E-state index in [-0.39, 0.29) is 0 Å². The summed E-state index contributed by atoms with van der Waals surface area (Å²) in [6, 6.07) is 17.7. The van der Waals surface area contributed by atoms with E-state index in [4.69, 9.17) is 0 Å². The van der Waals surface area contributed by atoms with Gasteiger partial charge in [-0.05, 0) is 78.0 Å². The van der Waals surface area contributed by atoms with Crippen molar-refractivity contribution < 1.29 is 0 Å². The second-order valence-electron chi connectivity index (χ2n) is 19.2. The quantitative estimate of drug-likeness (QED) is 0.0386. The van der Waals surface area contributed by atoms with Crippen LogP contribution in [0.4, 0.5) is 5.69 Å². The first-order valence-corrected chi connectivity index (χ1v) is 28.0. The van der Waals surface area contributed by atoms with Crippen molar-refractivity contribution in [3.63, 3.8) is 0 Å². The molecule has 0 saturated carbocycles. The molecule has 1 nitrogen and oxygen atoms in total. The van der Waals surface area contributed by atoms with Gasteiger partial charge >= 0.3 is 0 Å². The number of rotatable bonds is 34. The smallest absolute Gasteiger partial charge is 0.146 e. The molecule has 0 spiro atoms. The van der Waals surface area contributed by atoms with Crippen molar-refractivity contribution in [2.24, 2.45) is 0 Å². The molecule has 0 aromatic heterocycles. The van der Waals surface area contributed by atoms with Gasteiger partial charge in [0.2, 0.25) is 0 Å². The fourth-order valence-corrected chi connectivity index (χ4v) is 14.7. The molecule has 0 aliphatic carbocycles. The highest BCUT2D eigenvalue weighted by Gasteiger charge is 2.41. The van der Waals surface area contributed by atoms with Gasteiger partial charge in [-0.15, -0.1) is 5.54 Å². The van der Waals surface area contributed by atoms with E-state index >= 15 is 0 Å². The summed E-state index contributed by atoms with van der Waals surface area (Å²) in [6.07, 6.45) is 39.6. The van der Waals surface area contributed by atoms with Crippen LogP contribution in [0.3, 0.4) is 0 Å². The van der Waals surface area contributed by atoms with E-state index in [1.807, 2.05) is 0 Å². The Balaban J connectivity index is 1.87. The largest absolute Gasteiger partial charge is 0.372 e. The predicted octanol–water partition coefficient (Wildman–Crippen LogP) is 18.4. The summed E-state index contributed by atoms with van der Waals surface area (Å²) in [7, 11) is -1.74. The topological polar surface area (TPSA) is 3.24 Å². The van der Waals surface area contributed by atoms with Crippen LogP contribution in [0.1, 0.15) is 252 Å². The minimum absolute atomic E-state index is 0.645. The highest BCUT2D eigenvalue weighted by molar-refractivity contribution is 6.90. The molecule has 0 radical (unpaired) electrons. The maximum absolute atomic E-state index is 3.86. The second kappa shape index (κ2) is 34.2. The van der Waals surface area contributed by atoms with Gasteiger partial charge in [-0.1, -0.05) is 240 Å². The Morgan fingerprint density at radius 2 is 0.610 bits per heavy atom. The average molecular weight is 822 g/mol. The first-order valence-electron chi connectivity index (χ1n) is 25.7. The molecular weight excluding hydrogens is 727 g/mol. The lowest BCUT2D eigenvalue weighted by Crippen LogP contribution is -2.43. The second-order valence-corrected chi connectivity index (χ2v) is 24.8. The fraction of sp³-hybridized carbons (Fsp3) is 0.719. The van der Waals surface area contributed by atoms with Gasteiger partial charge in [0.15, 0.2) is 0 Å². The predicted molar refractivity (Wildman–Crippen MR) is 270 cm³/mol. The number of hydrogen-bond donors (Lipinski definition) is 0. The van der Waals surface area contributed by atoms with Gasteiger partial charge in [-0.2, -0.15) is 0 Å². The summed E-state index contributed by atoms with van der Waals surface area (Å²) >= 11 is 0. The SMILES string of the molecule is CCCCCCCCCCCCCCCCN(CCCCCCCCCCCCCCCC)c1ccc(C#Cc2ccc(C#C[Si](C(C)C)(C(C)C)C(C)C)cc2)cc1. The maximum atomic E-state index is 3.86. The van der Waals surface area contributed by atoms with Crippen LogP contribution in [0.15, 0.2) is 48.5 Å². The third-order valence-electron chi connectivity index (χ3n) is 13.3. The van der Waals surface area contributed by atoms with E-state index in [0.29, 0.717) is 16.6 Å². The average Bonchev–Trinajstić information content (AvgIpc) is 3.23. The van der Waals surface area contributed by atoms with Crippen molar-refractivity contribution in [2.45, 2.75) is 252 Å². The number of unbranched alkanes of at least 4 members (excludes halogenated alkanes) is 26. The molecule has 0 heterocycles. The molecule has 2 aromatic rings. The molecule has 59 heavy (non-hydrogen) atoms. The van der Waals surface area contributed by atoms with Crippen LogP contribution in [0.25, 0.3) is 0 Å². The normalized spacial score (nSPS) is 11.6. The molecular formula is C57H95NSi. The van der Waals surface area contributed by atoms with E-state index in [0.717, 1.165) is 16.7 Å². The molecule has 2 rings (SSSR count). The summed E-state index contributed by atoms with van der Waals surface area (Å²) in [5, 5.41) is 0. The molecule has 0 fully saturated rings. The summed E-state index contributed by atoms with van der Waals surface area (Å²) in [6.45, 7) is 21.2. The van der Waals surface area contributed by atoms with Crippen molar-refractivity contribution in [1.29, 1.82) is 0 Å². The number of hydrogen-bond acceptors (Lipinski definition) is 1. The summed E-state index contributed by atoms with van der Waals surface area (Å²) < 4.78 is 0. The molecule has 0 atom stereocenters. The van der Waals surface area contributed by atoms with Crippen LogP contribution in [0.2, 0.25) is 16.6 Å². The molecule has 2 heteroatoms. The van der Waals surface area contributed by atoms with Crippen molar-refractivity contribution >= 4 is 13.8 Å². The Morgan fingerprint density at radius 1 is 0.356 bits per heavy atom. The van der Waals surface area contributed by atoms with Gasteiger partial charge in [0, 0.05) is 35.5 Å². The third kappa shape index (κ3) is 23.4. The van der Waals surface area contributed by atoms with Crippen LogP contribution in [-0.4, -0.2) is 21.2 Å². The van der Waals surface area contributed by atoms with Gasteiger partial charge in [0.1, 0.15) is 8.07 Å². The van der Waals surface area contributed by atoms with Crippen molar-refractivity contribution in [1.82, 2.24) is 0 Å². The Morgan fingerprint density at radius 3 is 0.898 bits per heavy atom. The lowest BCUT2D eigenvalue weighted by atomic mass is 10.0. The van der Waals surface area contributed by atoms with Gasteiger partial charge in [0.25, 0.3) is 0 Å². The summed E-state index contributed by atoms with van der Waals surface area (Å²) in [5.74, 6) is 10.5. The molecule has 0 amide bonds. The van der Waals surface area contributed by atoms with E-state index in [1.54, 1.807) is 0 Å². The maximum Gasteiger partial charge on any atom is 0.146 e. The number of benzene rings is 2. The van der Waals surface area contributed by atoms with Crippen LogP contribution in [-0.2, 0) is 0 Å². The van der Waals surface area contributed by atoms with E-state index in [1.165, 1.54) is 199 Å². The Kier molecular flexibility index (Phi) is 30.6. The Hall–Kier alpha value is -2.42. The molecule has 0 aliphatic rings. The molecule has 0 aliphatic heterocycles. The molecule has 332 valence electrons. The highest BCUT2D eigenvalue weighted by atomic mass is 28.3. The Bertz CT molecular complexity index is 1340. The molecule has 0 bridgehead atoms.